The minimum absolute atomic E-state index is 0.500. The van der Waals surface area contributed by atoms with Crippen molar-refractivity contribution in [3.63, 3.8) is 0 Å². The van der Waals surface area contributed by atoms with Gasteiger partial charge in [0.05, 0.1) is 18.9 Å². The molecule has 0 amide bonds. The second kappa shape index (κ2) is 8.97. The van der Waals surface area contributed by atoms with E-state index in [-0.39, 0.29) is 0 Å². The van der Waals surface area contributed by atoms with Gasteiger partial charge < -0.3 is 9.26 Å². The molecule has 0 N–H and O–H groups in total. The number of hydrogen-bond acceptors (Lipinski definition) is 8. The number of hydrogen-bond donors (Lipinski definition) is 0. The van der Waals surface area contributed by atoms with Crippen LogP contribution >= 0.6 is 11.8 Å². The molecule has 8 nitrogen and oxygen atoms in total. The molecule has 4 rings (SSSR count). The van der Waals surface area contributed by atoms with Gasteiger partial charge in [-0.15, -0.1) is 10.2 Å². The molecule has 0 unspecified atom stereocenters. The quantitative estimate of drug-likeness (QED) is 0.408. The Labute approximate surface area is 172 Å². The van der Waals surface area contributed by atoms with Gasteiger partial charge in [-0.1, -0.05) is 41.2 Å². The van der Waals surface area contributed by atoms with Crippen LogP contribution in [0.2, 0.25) is 0 Å². The number of nitrogens with zero attached hydrogens (tertiary/aromatic N) is 6. The van der Waals surface area contributed by atoms with E-state index in [0.29, 0.717) is 30.6 Å². The molecule has 0 fully saturated rings. The molecule has 9 heteroatoms. The van der Waals surface area contributed by atoms with E-state index in [2.05, 4.69) is 25.3 Å². The second-order valence-corrected chi connectivity index (χ2v) is 7.24. The number of rotatable bonds is 8. The third kappa shape index (κ3) is 4.36. The minimum Gasteiger partial charge on any atom is -0.383 e. The van der Waals surface area contributed by atoms with Crippen LogP contribution in [0.15, 0.2) is 58.5 Å². The highest BCUT2D eigenvalue weighted by Crippen LogP contribution is 2.27. The number of aromatic nitrogens is 6. The van der Waals surface area contributed by atoms with Gasteiger partial charge in [0.25, 0.3) is 0 Å². The fourth-order valence-electron chi connectivity index (χ4n) is 2.87. The summed E-state index contributed by atoms with van der Waals surface area (Å²) < 4.78 is 12.7. The van der Waals surface area contributed by atoms with E-state index < -0.39 is 0 Å². The molecule has 0 saturated heterocycles. The van der Waals surface area contributed by atoms with Crippen LogP contribution in [-0.4, -0.2) is 43.6 Å². The first-order valence-corrected chi connectivity index (χ1v) is 10.1. The predicted octanol–water partition coefficient (Wildman–Crippen LogP) is 3.64. The van der Waals surface area contributed by atoms with E-state index in [0.717, 1.165) is 27.7 Å². The van der Waals surface area contributed by atoms with Crippen molar-refractivity contribution in [1.29, 1.82) is 0 Å². The Morgan fingerprint density at radius 3 is 2.72 bits per heavy atom. The number of benzene rings is 1. The molecule has 29 heavy (non-hydrogen) atoms. The van der Waals surface area contributed by atoms with Crippen LogP contribution in [0.25, 0.3) is 22.8 Å². The number of thioether (sulfide) groups is 1. The van der Waals surface area contributed by atoms with Crippen molar-refractivity contribution in [2.24, 2.45) is 0 Å². The average Bonchev–Trinajstić information content (AvgIpc) is 3.38. The van der Waals surface area contributed by atoms with Crippen LogP contribution in [0.4, 0.5) is 0 Å². The summed E-state index contributed by atoms with van der Waals surface area (Å²) >= 11 is 1.50. The van der Waals surface area contributed by atoms with Gasteiger partial charge in [-0.25, -0.2) is 0 Å². The molecule has 3 heterocycles. The Kier molecular flexibility index (Phi) is 5.97. The molecule has 0 aliphatic rings. The summed E-state index contributed by atoms with van der Waals surface area (Å²) in [6, 6.07) is 11.8. The molecule has 0 saturated carbocycles. The fraction of sp³-hybridized carbons (Fsp3) is 0.250. The van der Waals surface area contributed by atoms with Crippen LogP contribution in [0, 0.1) is 6.92 Å². The average molecular weight is 408 g/mol. The maximum Gasteiger partial charge on any atom is 0.237 e. The van der Waals surface area contributed by atoms with Gasteiger partial charge in [-0.3, -0.25) is 9.55 Å². The lowest BCUT2D eigenvalue weighted by molar-refractivity contribution is 0.185. The number of ether oxygens (including phenoxy) is 1. The highest BCUT2D eigenvalue weighted by atomic mass is 32.2. The molecule has 0 atom stereocenters. The Hall–Kier alpha value is -3.04. The molecule has 0 radical (unpaired) electrons. The van der Waals surface area contributed by atoms with Gasteiger partial charge in [-0.2, -0.15) is 4.98 Å². The van der Waals surface area contributed by atoms with Crippen LogP contribution in [0.1, 0.15) is 11.5 Å². The topological polar surface area (TPSA) is 91.8 Å². The number of pyridine rings is 1. The SMILES string of the molecule is COCCn1c(SCc2nc(-c3ccccc3C)no2)nnc1-c1ccncc1. The van der Waals surface area contributed by atoms with E-state index in [1.165, 1.54) is 11.8 Å². The zero-order chi connectivity index (χ0) is 20.1. The third-order valence-corrected chi connectivity index (χ3v) is 5.30. The van der Waals surface area contributed by atoms with Gasteiger partial charge in [-0.05, 0) is 24.6 Å². The Bertz CT molecular complexity index is 1080. The van der Waals surface area contributed by atoms with E-state index in [1.807, 2.05) is 47.9 Å². The number of aryl methyl sites for hydroxylation is 1. The van der Waals surface area contributed by atoms with E-state index in [1.54, 1.807) is 19.5 Å². The van der Waals surface area contributed by atoms with Gasteiger partial charge in [0, 0.05) is 30.6 Å². The normalized spacial score (nSPS) is 11.1. The number of methoxy groups -OCH3 is 1. The van der Waals surface area contributed by atoms with E-state index in [4.69, 9.17) is 9.26 Å². The maximum atomic E-state index is 5.44. The van der Waals surface area contributed by atoms with Crippen LogP contribution in [0.3, 0.4) is 0 Å². The molecule has 0 bridgehead atoms. The van der Waals surface area contributed by atoms with Gasteiger partial charge >= 0.3 is 0 Å². The molecule has 0 spiro atoms. The Morgan fingerprint density at radius 2 is 1.93 bits per heavy atom. The van der Waals surface area contributed by atoms with Crippen molar-refractivity contribution >= 4 is 11.8 Å². The summed E-state index contributed by atoms with van der Waals surface area (Å²) in [5, 5.41) is 13.6. The molecule has 1 aromatic carbocycles. The molecular weight excluding hydrogens is 388 g/mol. The van der Waals surface area contributed by atoms with Gasteiger partial charge in [0.2, 0.25) is 11.7 Å². The second-order valence-electron chi connectivity index (χ2n) is 6.30. The van der Waals surface area contributed by atoms with Gasteiger partial charge in [0.1, 0.15) is 0 Å². The van der Waals surface area contributed by atoms with Gasteiger partial charge in [0.15, 0.2) is 11.0 Å². The van der Waals surface area contributed by atoms with Crippen LogP contribution in [0.5, 0.6) is 0 Å². The lowest BCUT2D eigenvalue weighted by Crippen LogP contribution is -2.07. The lowest BCUT2D eigenvalue weighted by Gasteiger charge is -2.08. The smallest absolute Gasteiger partial charge is 0.237 e. The first-order valence-electron chi connectivity index (χ1n) is 9.10. The molecular formula is C20H20N6O2S. The van der Waals surface area contributed by atoms with Crippen molar-refractivity contribution in [3.8, 4) is 22.8 Å². The molecule has 0 aliphatic carbocycles. The van der Waals surface area contributed by atoms with Crippen molar-refractivity contribution in [2.75, 3.05) is 13.7 Å². The summed E-state index contributed by atoms with van der Waals surface area (Å²) in [6.45, 7) is 3.22. The zero-order valence-corrected chi connectivity index (χ0v) is 17.0. The molecule has 4 aromatic rings. The van der Waals surface area contributed by atoms with E-state index >= 15 is 0 Å². The first kappa shape index (κ1) is 19.3. The summed E-state index contributed by atoms with van der Waals surface area (Å²) in [4.78, 5) is 8.59. The van der Waals surface area contributed by atoms with Crippen molar-refractivity contribution < 1.29 is 9.26 Å². The first-order chi connectivity index (χ1) is 14.3. The van der Waals surface area contributed by atoms with Crippen LogP contribution in [-0.2, 0) is 17.0 Å². The molecule has 0 aliphatic heterocycles. The van der Waals surface area contributed by atoms with Crippen molar-refractivity contribution in [1.82, 2.24) is 29.9 Å². The fourth-order valence-corrected chi connectivity index (χ4v) is 3.67. The lowest BCUT2D eigenvalue weighted by atomic mass is 10.1. The van der Waals surface area contributed by atoms with Crippen molar-refractivity contribution in [3.05, 3.63) is 60.2 Å². The molecule has 148 valence electrons. The summed E-state index contributed by atoms with van der Waals surface area (Å²) in [7, 11) is 1.68. The summed E-state index contributed by atoms with van der Waals surface area (Å²) in [5.41, 5.74) is 3.03. The molecule has 3 aromatic heterocycles. The third-order valence-electron chi connectivity index (χ3n) is 4.35. The Morgan fingerprint density at radius 1 is 1.10 bits per heavy atom. The highest BCUT2D eigenvalue weighted by Gasteiger charge is 2.16. The largest absolute Gasteiger partial charge is 0.383 e. The highest BCUT2D eigenvalue weighted by molar-refractivity contribution is 7.98. The standard InChI is InChI=1S/C20H20N6O2S/c1-14-5-3-4-6-16(14)18-22-17(28-25-18)13-29-20-24-23-19(26(20)11-12-27-2)15-7-9-21-10-8-15/h3-10H,11-13H2,1-2H3. The zero-order valence-electron chi connectivity index (χ0n) is 16.1. The minimum atomic E-state index is 0.500. The van der Waals surface area contributed by atoms with E-state index in [9.17, 15) is 0 Å². The summed E-state index contributed by atoms with van der Waals surface area (Å²) in [6.07, 6.45) is 3.48. The monoisotopic (exact) mass is 408 g/mol. The van der Waals surface area contributed by atoms with Crippen molar-refractivity contribution in [2.45, 2.75) is 24.4 Å². The maximum absolute atomic E-state index is 5.44. The predicted molar refractivity (Wildman–Crippen MR) is 109 cm³/mol. The van der Waals surface area contributed by atoms with Crippen LogP contribution < -0.4 is 0 Å². The Balaban J connectivity index is 1.53. The summed E-state index contributed by atoms with van der Waals surface area (Å²) in [5.74, 6) is 2.41.